The Hall–Kier alpha value is -1.49. The molecule has 1 aromatic heterocycles. The minimum Gasteiger partial charge on any atom is -0.271 e. The maximum atomic E-state index is 13.6. The van der Waals surface area contributed by atoms with Gasteiger partial charge in [0.2, 0.25) is 0 Å². The van der Waals surface area contributed by atoms with Crippen molar-refractivity contribution in [2.24, 2.45) is 5.84 Å². The second kappa shape index (κ2) is 5.23. The molecule has 0 bridgehead atoms. The first kappa shape index (κ1) is 12.0. The van der Waals surface area contributed by atoms with Crippen LogP contribution in [0.5, 0.6) is 0 Å². The standard InChI is InChI=1S/C12H11ClFN3/c13-9-5-2-1-4-8(9)11(17-15)12-10(14)6-3-7-16-12/h1-7,11,17H,15H2. The monoisotopic (exact) mass is 251 g/mol. The number of rotatable bonds is 3. The Balaban J connectivity index is 2.48. The van der Waals surface area contributed by atoms with E-state index in [1.807, 2.05) is 6.07 Å². The lowest BCUT2D eigenvalue weighted by molar-refractivity contribution is 0.544. The Morgan fingerprint density at radius 1 is 1.24 bits per heavy atom. The van der Waals surface area contributed by atoms with Crippen molar-refractivity contribution in [1.82, 2.24) is 10.4 Å². The van der Waals surface area contributed by atoms with Gasteiger partial charge in [-0.1, -0.05) is 29.8 Å². The third-order valence-electron chi connectivity index (χ3n) is 2.44. The summed E-state index contributed by atoms with van der Waals surface area (Å²) in [4.78, 5) is 3.99. The molecule has 0 fully saturated rings. The van der Waals surface area contributed by atoms with Gasteiger partial charge in [0, 0.05) is 11.2 Å². The van der Waals surface area contributed by atoms with Crippen LogP contribution < -0.4 is 11.3 Å². The molecular formula is C12H11ClFN3. The number of halogens is 2. The Kier molecular flexibility index (Phi) is 3.68. The van der Waals surface area contributed by atoms with Crippen LogP contribution in [-0.4, -0.2) is 4.98 Å². The summed E-state index contributed by atoms with van der Waals surface area (Å²) >= 11 is 6.05. The topological polar surface area (TPSA) is 50.9 Å². The lowest BCUT2D eigenvalue weighted by Crippen LogP contribution is -2.30. The fourth-order valence-electron chi connectivity index (χ4n) is 1.64. The largest absolute Gasteiger partial charge is 0.271 e. The average Bonchev–Trinajstić information content (AvgIpc) is 2.34. The molecule has 1 atom stereocenters. The number of hydrogen-bond acceptors (Lipinski definition) is 3. The summed E-state index contributed by atoms with van der Waals surface area (Å²) < 4.78 is 13.6. The molecule has 0 spiro atoms. The number of hydrazine groups is 1. The van der Waals surface area contributed by atoms with Crippen molar-refractivity contribution in [2.75, 3.05) is 0 Å². The smallest absolute Gasteiger partial charge is 0.146 e. The van der Waals surface area contributed by atoms with E-state index in [1.54, 1.807) is 18.2 Å². The van der Waals surface area contributed by atoms with Crippen LogP contribution in [0, 0.1) is 5.82 Å². The molecule has 1 heterocycles. The minimum atomic E-state index is -0.565. The number of pyridine rings is 1. The van der Waals surface area contributed by atoms with Gasteiger partial charge >= 0.3 is 0 Å². The van der Waals surface area contributed by atoms with Gasteiger partial charge in [0.1, 0.15) is 5.82 Å². The quantitative estimate of drug-likeness (QED) is 0.651. The van der Waals surface area contributed by atoms with Crippen LogP contribution in [0.1, 0.15) is 17.3 Å². The van der Waals surface area contributed by atoms with Crippen LogP contribution in [0.4, 0.5) is 4.39 Å². The Bertz CT molecular complexity index is 473. The Labute approximate surface area is 103 Å². The summed E-state index contributed by atoms with van der Waals surface area (Å²) in [5, 5.41) is 0.514. The number of nitrogens with zero attached hydrogens (tertiary/aromatic N) is 1. The molecule has 0 aliphatic carbocycles. The molecule has 0 saturated heterocycles. The predicted molar refractivity (Wildman–Crippen MR) is 64.8 cm³/mol. The second-order valence-corrected chi connectivity index (χ2v) is 3.90. The minimum absolute atomic E-state index is 0.225. The summed E-state index contributed by atoms with van der Waals surface area (Å²) in [5.41, 5.74) is 3.44. The van der Waals surface area contributed by atoms with Crippen LogP contribution >= 0.6 is 11.6 Å². The highest BCUT2D eigenvalue weighted by Crippen LogP contribution is 2.27. The van der Waals surface area contributed by atoms with Crippen molar-refractivity contribution in [3.05, 3.63) is 64.7 Å². The van der Waals surface area contributed by atoms with Crippen LogP contribution in [0.3, 0.4) is 0 Å². The van der Waals surface area contributed by atoms with Gasteiger partial charge in [0.15, 0.2) is 0 Å². The summed E-state index contributed by atoms with van der Waals surface area (Å²) in [7, 11) is 0. The summed E-state index contributed by atoms with van der Waals surface area (Å²) in [5.74, 6) is 5.04. The van der Waals surface area contributed by atoms with Crippen molar-refractivity contribution < 1.29 is 4.39 Å². The van der Waals surface area contributed by atoms with Gasteiger partial charge < -0.3 is 0 Å². The van der Waals surface area contributed by atoms with E-state index in [9.17, 15) is 4.39 Å². The first-order valence-corrected chi connectivity index (χ1v) is 5.43. The molecule has 0 aliphatic heterocycles. The molecule has 0 amide bonds. The SMILES string of the molecule is NNC(c1ccccc1Cl)c1ncccc1F. The lowest BCUT2D eigenvalue weighted by atomic mass is 10.0. The van der Waals surface area contributed by atoms with Gasteiger partial charge in [0.25, 0.3) is 0 Å². The lowest BCUT2D eigenvalue weighted by Gasteiger charge is -2.17. The van der Waals surface area contributed by atoms with Crippen molar-refractivity contribution in [1.29, 1.82) is 0 Å². The number of aromatic nitrogens is 1. The highest BCUT2D eigenvalue weighted by Gasteiger charge is 2.19. The van der Waals surface area contributed by atoms with Crippen molar-refractivity contribution in [3.8, 4) is 0 Å². The fraction of sp³-hybridized carbons (Fsp3) is 0.0833. The van der Waals surface area contributed by atoms with Crippen LogP contribution in [0.15, 0.2) is 42.6 Å². The van der Waals surface area contributed by atoms with E-state index in [0.29, 0.717) is 10.6 Å². The molecule has 5 heteroatoms. The van der Waals surface area contributed by atoms with Crippen LogP contribution in [0.2, 0.25) is 5.02 Å². The van der Waals surface area contributed by atoms with Gasteiger partial charge in [0.05, 0.1) is 11.7 Å². The zero-order chi connectivity index (χ0) is 12.3. The van der Waals surface area contributed by atoms with Crippen molar-refractivity contribution in [3.63, 3.8) is 0 Å². The highest BCUT2D eigenvalue weighted by atomic mass is 35.5. The van der Waals surface area contributed by atoms with Gasteiger partial charge in [-0.15, -0.1) is 0 Å². The molecule has 3 nitrogen and oxygen atoms in total. The van der Waals surface area contributed by atoms with E-state index in [0.717, 1.165) is 0 Å². The maximum absolute atomic E-state index is 13.6. The second-order valence-electron chi connectivity index (χ2n) is 3.49. The predicted octanol–water partition coefficient (Wildman–Crippen LogP) is 2.43. The Morgan fingerprint density at radius 2 is 2.00 bits per heavy atom. The fourth-order valence-corrected chi connectivity index (χ4v) is 1.88. The first-order chi connectivity index (χ1) is 8.24. The number of nitrogens with two attached hydrogens (primary N) is 1. The molecule has 17 heavy (non-hydrogen) atoms. The van der Waals surface area contributed by atoms with Gasteiger partial charge in [-0.3, -0.25) is 10.8 Å². The molecule has 3 N–H and O–H groups in total. The number of benzene rings is 1. The molecule has 0 aliphatic rings. The van der Waals surface area contributed by atoms with Crippen LogP contribution in [0.25, 0.3) is 0 Å². The normalized spacial score (nSPS) is 12.4. The zero-order valence-electron chi connectivity index (χ0n) is 8.90. The third kappa shape index (κ3) is 2.44. The summed E-state index contributed by atoms with van der Waals surface area (Å²) in [6.07, 6.45) is 1.51. The maximum Gasteiger partial charge on any atom is 0.146 e. The zero-order valence-corrected chi connectivity index (χ0v) is 9.66. The van der Waals surface area contributed by atoms with Crippen molar-refractivity contribution in [2.45, 2.75) is 6.04 Å². The number of nitrogens with one attached hydrogen (secondary N) is 1. The molecule has 88 valence electrons. The van der Waals surface area contributed by atoms with Gasteiger partial charge in [-0.25, -0.2) is 9.82 Å². The molecular weight excluding hydrogens is 241 g/mol. The van der Waals surface area contributed by atoms with E-state index in [-0.39, 0.29) is 5.69 Å². The molecule has 2 rings (SSSR count). The molecule has 1 aromatic carbocycles. The summed E-state index contributed by atoms with van der Waals surface area (Å²) in [6, 6.07) is 9.41. The first-order valence-electron chi connectivity index (χ1n) is 5.05. The highest BCUT2D eigenvalue weighted by molar-refractivity contribution is 6.31. The van der Waals surface area contributed by atoms with Gasteiger partial charge in [-0.05, 0) is 23.8 Å². The molecule has 0 radical (unpaired) electrons. The van der Waals surface area contributed by atoms with Crippen LogP contribution in [-0.2, 0) is 0 Å². The van der Waals surface area contributed by atoms with E-state index in [4.69, 9.17) is 17.4 Å². The Morgan fingerprint density at radius 3 is 2.65 bits per heavy atom. The molecule has 2 aromatic rings. The van der Waals surface area contributed by atoms with E-state index in [1.165, 1.54) is 18.3 Å². The van der Waals surface area contributed by atoms with E-state index < -0.39 is 11.9 Å². The van der Waals surface area contributed by atoms with E-state index in [2.05, 4.69) is 10.4 Å². The van der Waals surface area contributed by atoms with Crippen molar-refractivity contribution >= 4 is 11.6 Å². The molecule has 1 unspecified atom stereocenters. The third-order valence-corrected chi connectivity index (χ3v) is 2.79. The molecule has 0 saturated carbocycles. The van der Waals surface area contributed by atoms with E-state index >= 15 is 0 Å². The average molecular weight is 252 g/mol. The summed E-state index contributed by atoms with van der Waals surface area (Å²) in [6.45, 7) is 0. The number of hydrogen-bond donors (Lipinski definition) is 2. The van der Waals surface area contributed by atoms with Gasteiger partial charge in [-0.2, -0.15) is 0 Å².